The van der Waals surface area contributed by atoms with Gasteiger partial charge in [-0.1, -0.05) is 25.0 Å². The summed E-state index contributed by atoms with van der Waals surface area (Å²) in [6, 6.07) is 5.64. The number of hydrogen-bond acceptors (Lipinski definition) is 4. The van der Waals surface area contributed by atoms with E-state index >= 15 is 0 Å². The molecule has 5 heteroatoms. The number of methoxy groups -OCH3 is 2. The molecule has 122 valence electrons. The summed E-state index contributed by atoms with van der Waals surface area (Å²) < 4.78 is 10.7. The van der Waals surface area contributed by atoms with Gasteiger partial charge in [-0.05, 0) is 25.8 Å². The summed E-state index contributed by atoms with van der Waals surface area (Å²) in [6.45, 7) is 2.38. The van der Waals surface area contributed by atoms with Gasteiger partial charge in [0, 0.05) is 17.6 Å². The number of carbonyl (C=O) groups is 1. The maximum Gasteiger partial charge on any atom is 0.225 e. The molecule has 2 rings (SSSR count). The first-order valence-electron chi connectivity index (χ1n) is 7.76. The van der Waals surface area contributed by atoms with Crippen LogP contribution >= 0.6 is 0 Å². The van der Waals surface area contributed by atoms with Gasteiger partial charge in [0.25, 0.3) is 0 Å². The maximum atomic E-state index is 12.5. The van der Waals surface area contributed by atoms with Crippen LogP contribution in [0.25, 0.3) is 0 Å². The van der Waals surface area contributed by atoms with E-state index in [0.29, 0.717) is 18.0 Å². The first-order chi connectivity index (χ1) is 10.5. The van der Waals surface area contributed by atoms with E-state index in [0.717, 1.165) is 31.2 Å². The van der Waals surface area contributed by atoms with Gasteiger partial charge in [-0.3, -0.25) is 4.79 Å². The third-order valence-corrected chi connectivity index (χ3v) is 4.51. The molecule has 1 fully saturated rings. The number of benzene rings is 1. The number of carbonyl (C=O) groups excluding carboxylic acids is 1. The van der Waals surface area contributed by atoms with Gasteiger partial charge >= 0.3 is 0 Å². The molecule has 22 heavy (non-hydrogen) atoms. The lowest BCUT2D eigenvalue weighted by atomic mass is 9.74. The van der Waals surface area contributed by atoms with E-state index in [1.54, 1.807) is 14.2 Å². The first-order valence-corrected chi connectivity index (χ1v) is 7.76. The van der Waals surface area contributed by atoms with Gasteiger partial charge in [0.05, 0.1) is 20.1 Å². The number of nitrogens with two attached hydrogens (primary N) is 1. The molecule has 0 saturated heterocycles. The summed E-state index contributed by atoms with van der Waals surface area (Å²) in [5.74, 6) is 1.22. The molecule has 0 heterocycles. The van der Waals surface area contributed by atoms with Gasteiger partial charge in [0.1, 0.15) is 0 Å². The second-order valence-electron chi connectivity index (χ2n) is 6.17. The van der Waals surface area contributed by atoms with E-state index in [1.807, 2.05) is 25.1 Å². The third kappa shape index (κ3) is 3.53. The molecule has 0 bridgehead atoms. The molecule has 2 atom stereocenters. The van der Waals surface area contributed by atoms with Crippen LogP contribution < -0.4 is 20.5 Å². The molecule has 3 N–H and O–H groups in total. The molecule has 0 aliphatic heterocycles. The molecule has 1 saturated carbocycles. The Bertz CT molecular complexity index is 529. The second kappa shape index (κ2) is 7.01. The minimum absolute atomic E-state index is 0.0228. The lowest BCUT2D eigenvalue weighted by Gasteiger charge is -2.37. The Morgan fingerprint density at radius 1 is 1.36 bits per heavy atom. The lowest BCUT2D eigenvalue weighted by Crippen LogP contribution is -2.52. The van der Waals surface area contributed by atoms with E-state index < -0.39 is 5.54 Å². The van der Waals surface area contributed by atoms with Crippen LogP contribution in [-0.2, 0) is 11.3 Å². The highest BCUT2D eigenvalue weighted by Gasteiger charge is 2.37. The van der Waals surface area contributed by atoms with Crippen molar-refractivity contribution in [3.63, 3.8) is 0 Å². The van der Waals surface area contributed by atoms with Crippen LogP contribution in [0.4, 0.5) is 0 Å². The minimum Gasteiger partial charge on any atom is -0.493 e. The van der Waals surface area contributed by atoms with E-state index in [1.165, 1.54) is 0 Å². The van der Waals surface area contributed by atoms with Crippen molar-refractivity contribution in [2.45, 2.75) is 44.7 Å². The number of nitrogens with one attached hydrogen (secondary N) is 1. The SMILES string of the molecule is COc1cccc(CNC(=O)C2CCCCC2(C)N)c1OC. The minimum atomic E-state index is -0.416. The van der Waals surface area contributed by atoms with Crippen molar-refractivity contribution in [1.82, 2.24) is 5.32 Å². The molecule has 1 aromatic carbocycles. The second-order valence-corrected chi connectivity index (χ2v) is 6.17. The Hall–Kier alpha value is -1.75. The molecule has 5 nitrogen and oxygen atoms in total. The Morgan fingerprint density at radius 2 is 2.14 bits per heavy atom. The molecular formula is C17H26N2O3. The van der Waals surface area contributed by atoms with Crippen LogP contribution in [-0.4, -0.2) is 25.7 Å². The number of hydrogen-bond donors (Lipinski definition) is 2. The van der Waals surface area contributed by atoms with Gasteiger partial charge in [-0.25, -0.2) is 0 Å². The fourth-order valence-electron chi connectivity index (χ4n) is 3.19. The maximum absolute atomic E-state index is 12.5. The van der Waals surface area contributed by atoms with Crippen molar-refractivity contribution in [2.24, 2.45) is 11.7 Å². The van der Waals surface area contributed by atoms with E-state index in [2.05, 4.69) is 5.32 Å². The summed E-state index contributed by atoms with van der Waals surface area (Å²) in [5.41, 5.74) is 6.77. The predicted molar refractivity (Wildman–Crippen MR) is 85.9 cm³/mol. The summed E-state index contributed by atoms with van der Waals surface area (Å²) in [7, 11) is 3.20. The fraction of sp³-hybridized carbons (Fsp3) is 0.588. The van der Waals surface area contributed by atoms with Crippen LogP contribution in [0.2, 0.25) is 0 Å². The molecular weight excluding hydrogens is 280 g/mol. The Morgan fingerprint density at radius 3 is 2.77 bits per heavy atom. The summed E-state index contributed by atoms with van der Waals surface area (Å²) in [4.78, 5) is 12.5. The number of amides is 1. The van der Waals surface area contributed by atoms with Gasteiger partial charge in [0.15, 0.2) is 11.5 Å². The van der Waals surface area contributed by atoms with Crippen LogP contribution in [0.3, 0.4) is 0 Å². The molecule has 2 unspecified atom stereocenters. The summed E-state index contributed by atoms with van der Waals surface area (Å²) in [6.07, 6.45) is 3.91. The van der Waals surface area contributed by atoms with E-state index in [9.17, 15) is 4.79 Å². The molecule has 1 aliphatic carbocycles. The zero-order valence-electron chi connectivity index (χ0n) is 13.6. The van der Waals surface area contributed by atoms with Gasteiger partial charge in [-0.15, -0.1) is 0 Å². The molecule has 0 aromatic heterocycles. The van der Waals surface area contributed by atoms with Crippen molar-refractivity contribution in [1.29, 1.82) is 0 Å². The fourth-order valence-corrected chi connectivity index (χ4v) is 3.19. The highest BCUT2D eigenvalue weighted by molar-refractivity contribution is 5.80. The lowest BCUT2D eigenvalue weighted by molar-refractivity contribution is -0.128. The zero-order valence-corrected chi connectivity index (χ0v) is 13.6. The third-order valence-electron chi connectivity index (χ3n) is 4.51. The normalized spacial score (nSPS) is 24.6. The standard InChI is InChI=1S/C17H26N2O3/c1-17(18)10-5-4-8-13(17)16(20)19-11-12-7-6-9-14(21-2)15(12)22-3/h6-7,9,13H,4-5,8,10-11,18H2,1-3H3,(H,19,20). The van der Waals surface area contributed by atoms with Crippen LogP contribution in [0.5, 0.6) is 11.5 Å². The molecule has 0 radical (unpaired) electrons. The molecule has 0 spiro atoms. The van der Waals surface area contributed by atoms with Crippen molar-refractivity contribution < 1.29 is 14.3 Å². The quantitative estimate of drug-likeness (QED) is 0.875. The Labute approximate surface area is 132 Å². The summed E-state index contributed by atoms with van der Waals surface area (Å²) >= 11 is 0. The smallest absolute Gasteiger partial charge is 0.225 e. The molecule has 1 aliphatic rings. The average Bonchev–Trinajstić information content (AvgIpc) is 2.51. The van der Waals surface area contributed by atoms with Crippen LogP contribution in [0, 0.1) is 5.92 Å². The van der Waals surface area contributed by atoms with Crippen molar-refractivity contribution in [3.8, 4) is 11.5 Å². The van der Waals surface area contributed by atoms with E-state index in [4.69, 9.17) is 15.2 Å². The van der Waals surface area contributed by atoms with Gasteiger partial charge < -0.3 is 20.5 Å². The predicted octanol–water partition coefficient (Wildman–Crippen LogP) is 2.23. The monoisotopic (exact) mass is 306 g/mol. The molecule has 1 amide bonds. The highest BCUT2D eigenvalue weighted by atomic mass is 16.5. The number of ether oxygens (including phenoxy) is 2. The molecule has 1 aromatic rings. The van der Waals surface area contributed by atoms with Crippen molar-refractivity contribution in [3.05, 3.63) is 23.8 Å². The largest absolute Gasteiger partial charge is 0.493 e. The van der Waals surface area contributed by atoms with Gasteiger partial charge in [-0.2, -0.15) is 0 Å². The van der Waals surface area contributed by atoms with Crippen molar-refractivity contribution in [2.75, 3.05) is 14.2 Å². The van der Waals surface area contributed by atoms with Gasteiger partial charge in [0.2, 0.25) is 5.91 Å². The topological polar surface area (TPSA) is 73.6 Å². The van der Waals surface area contributed by atoms with Crippen molar-refractivity contribution >= 4 is 5.91 Å². The van der Waals surface area contributed by atoms with E-state index in [-0.39, 0.29) is 11.8 Å². The number of para-hydroxylation sites is 1. The Balaban J connectivity index is 2.05. The average molecular weight is 306 g/mol. The van der Waals surface area contributed by atoms with Crippen LogP contribution in [0.15, 0.2) is 18.2 Å². The highest BCUT2D eigenvalue weighted by Crippen LogP contribution is 2.33. The number of rotatable bonds is 5. The zero-order chi connectivity index (χ0) is 16.2. The van der Waals surface area contributed by atoms with Crippen LogP contribution in [0.1, 0.15) is 38.2 Å². The Kier molecular flexibility index (Phi) is 5.29. The summed E-state index contributed by atoms with van der Waals surface area (Å²) in [5, 5.41) is 3.00. The first kappa shape index (κ1) is 16.6.